The summed E-state index contributed by atoms with van der Waals surface area (Å²) in [7, 11) is 1.93. The maximum atomic E-state index is 12.4. The van der Waals surface area contributed by atoms with Crippen molar-refractivity contribution in [3.05, 3.63) is 35.9 Å². The molecule has 2 N–H and O–H groups in total. The van der Waals surface area contributed by atoms with Gasteiger partial charge in [0.25, 0.3) is 0 Å². The summed E-state index contributed by atoms with van der Waals surface area (Å²) in [5.74, 6) is 0.141. The van der Waals surface area contributed by atoms with Crippen molar-refractivity contribution in [2.45, 2.75) is 43.7 Å². The van der Waals surface area contributed by atoms with Gasteiger partial charge in [0, 0.05) is 26.2 Å². The van der Waals surface area contributed by atoms with E-state index in [1.165, 1.54) is 5.56 Å². The van der Waals surface area contributed by atoms with Crippen LogP contribution in [0.15, 0.2) is 30.3 Å². The van der Waals surface area contributed by atoms with Gasteiger partial charge in [0.05, 0.1) is 5.54 Å². The molecule has 1 aromatic rings. The maximum Gasteiger partial charge on any atom is 0.242 e. The summed E-state index contributed by atoms with van der Waals surface area (Å²) in [5, 5.41) is 0. The standard InChI is InChI=1S/C18H27N3O/c1-20(17(22)18(19)10-11-18)16-8-5-12-21(14-16)13-9-15-6-3-2-4-7-15/h2-4,6-7,16H,5,8-14,19H2,1H3/t16-/m1/s1. The molecule has 1 aromatic carbocycles. The number of likely N-dealkylation sites (N-methyl/N-ethyl adjacent to an activating group) is 1. The van der Waals surface area contributed by atoms with Crippen LogP contribution in [0.5, 0.6) is 0 Å². The Balaban J connectivity index is 1.52. The Hall–Kier alpha value is -1.39. The number of benzene rings is 1. The lowest BCUT2D eigenvalue weighted by molar-refractivity contribution is -0.135. The van der Waals surface area contributed by atoms with Crippen molar-refractivity contribution in [1.29, 1.82) is 0 Å². The van der Waals surface area contributed by atoms with E-state index in [9.17, 15) is 4.79 Å². The number of hydrogen-bond acceptors (Lipinski definition) is 3. The number of amides is 1. The van der Waals surface area contributed by atoms with Crippen LogP contribution < -0.4 is 5.73 Å². The molecule has 1 heterocycles. The third-order valence-corrected chi connectivity index (χ3v) is 5.12. The molecule has 4 heteroatoms. The number of carbonyl (C=O) groups excluding carboxylic acids is 1. The second-order valence-corrected chi connectivity index (χ2v) is 6.90. The molecular formula is C18H27N3O. The highest BCUT2D eigenvalue weighted by Gasteiger charge is 2.48. The van der Waals surface area contributed by atoms with E-state index in [0.717, 1.165) is 51.7 Å². The SMILES string of the molecule is CN(C(=O)C1(N)CC1)[C@@H]1CCCN(CCc2ccccc2)C1. The topological polar surface area (TPSA) is 49.6 Å². The first-order valence-electron chi connectivity index (χ1n) is 8.41. The minimum absolute atomic E-state index is 0.141. The molecule has 0 bridgehead atoms. The predicted molar refractivity (Wildman–Crippen MR) is 88.5 cm³/mol. The maximum absolute atomic E-state index is 12.4. The normalized spacial score (nSPS) is 24.0. The number of piperidine rings is 1. The van der Waals surface area contributed by atoms with Crippen LogP contribution in [0.25, 0.3) is 0 Å². The molecule has 1 atom stereocenters. The van der Waals surface area contributed by atoms with Gasteiger partial charge in [-0.3, -0.25) is 4.79 Å². The molecule has 0 spiro atoms. The lowest BCUT2D eigenvalue weighted by Crippen LogP contribution is -2.53. The van der Waals surface area contributed by atoms with E-state index in [0.29, 0.717) is 6.04 Å². The highest BCUT2D eigenvalue weighted by Crippen LogP contribution is 2.34. The first kappa shape index (κ1) is 15.5. The third-order valence-electron chi connectivity index (χ3n) is 5.12. The fourth-order valence-corrected chi connectivity index (χ4v) is 3.35. The second kappa shape index (κ2) is 6.39. The average Bonchev–Trinajstić information content (AvgIpc) is 3.32. The summed E-state index contributed by atoms with van der Waals surface area (Å²) in [6.07, 6.45) is 5.03. The molecule has 0 unspecified atom stereocenters. The van der Waals surface area contributed by atoms with Gasteiger partial charge in [-0.15, -0.1) is 0 Å². The Morgan fingerprint density at radius 3 is 2.77 bits per heavy atom. The molecule has 120 valence electrons. The quantitative estimate of drug-likeness (QED) is 0.899. The first-order chi connectivity index (χ1) is 10.6. The molecule has 1 amide bonds. The molecule has 2 fully saturated rings. The van der Waals surface area contributed by atoms with Crippen molar-refractivity contribution in [3.8, 4) is 0 Å². The highest BCUT2D eigenvalue weighted by atomic mass is 16.2. The smallest absolute Gasteiger partial charge is 0.242 e. The number of rotatable bonds is 5. The summed E-state index contributed by atoms with van der Waals surface area (Å²) in [6, 6.07) is 10.9. The van der Waals surface area contributed by atoms with Gasteiger partial charge in [-0.2, -0.15) is 0 Å². The minimum atomic E-state index is -0.541. The van der Waals surface area contributed by atoms with Crippen LogP contribution in [0.1, 0.15) is 31.2 Å². The molecule has 2 aliphatic rings. The Kier molecular flexibility index (Phi) is 4.50. The highest BCUT2D eigenvalue weighted by molar-refractivity contribution is 5.89. The van der Waals surface area contributed by atoms with Gasteiger partial charge in [-0.25, -0.2) is 0 Å². The fraction of sp³-hybridized carbons (Fsp3) is 0.611. The molecular weight excluding hydrogens is 274 g/mol. The van der Waals surface area contributed by atoms with E-state index in [-0.39, 0.29) is 5.91 Å². The van der Waals surface area contributed by atoms with E-state index >= 15 is 0 Å². The zero-order chi connectivity index (χ0) is 15.6. The Morgan fingerprint density at radius 2 is 2.09 bits per heavy atom. The van der Waals surface area contributed by atoms with Crippen LogP contribution in [-0.2, 0) is 11.2 Å². The van der Waals surface area contributed by atoms with Crippen molar-refractivity contribution >= 4 is 5.91 Å². The Bertz CT molecular complexity index is 512. The fourth-order valence-electron chi connectivity index (χ4n) is 3.35. The van der Waals surface area contributed by atoms with Crippen molar-refractivity contribution < 1.29 is 4.79 Å². The summed E-state index contributed by atoms with van der Waals surface area (Å²) < 4.78 is 0. The Morgan fingerprint density at radius 1 is 1.36 bits per heavy atom. The first-order valence-corrected chi connectivity index (χ1v) is 8.41. The Labute approximate surface area is 133 Å². The summed E-state index contributed by atoms with van der Waals surface area (Å²) >= 11 is 0. The number of nitrogens with zero attached hydrogens (tertiary/aromatic N) is 2. The van der Waals surface area contributed by atoms with Crippen LogP contribution in [0, 0.1) is 0 Å². The molecule has 1 aliphatic carbocycles. The van der Waals surface area contributed by atoms with Crippen molar-refractivity contribution in [2.24, 2.45) is 5.73 Å². The van der Waals surface area contributed by atoms with Crippen LogP contribution in [0.4, 0.5) is 0 Å². The van der Waals surface area contributed by atoms with E-state index in [4.69, 9.17) is 5.73 Å². The summed E-state index contributed by atoms with van der Waals surface area (Å²) in [6.45, 7) is 3.18. The van der Waals surface area contributed by atoms with Crippen LogP contribution >= 0.6 is 0 Å². The van der Waals surface area contributed by atoms with Crippen molar-refractivity contribution in [2.75, 3.05) is 26.7 Å². The lowest BCUT2D eigenvalue weighted by atomic mass is 10.0. The van der Waals surface area contributed by atoms with Crippen LogP contribution in [0.2, 0.25) is 0 Å². The zero-order valence-electron chi connectivity index (χ0n) is 13.5. The predicted octanol–water partition coefficient (Wildman–Crippen LogP) is 1.64. The number of carbonyl (C=O) groups is 1. The van der Waals surface area contributed by atoms with E-state index in [1.807, 2.05) is 11.9 Å². The molecule has 4 nitrogen and oxygen atoms in total. The molecule has 22 heavy (non-hydrogen) atoms. The average molecular weight is 301 g/mol. The number of nitrogens with two attached hydrogens (primary N) is 1. The minimum Gasteiger partial charge on any atom is -0.340 e. The largest absolute Gasteiger partial charge is 0.340 e. The monoisotopic (exact) mass is 301 g/mol. The number of hydrogen-bond donors (Lipinski definition) is 1. The molecule has 0 aromatic heterocycles. The summed E-state index contributed by atoms with van der Waals surface area (Å²) in [5.41, 5.74) is 6.90. The van der Waals surface area contributed by atoms with E-state index < -0.39 is 5.54 Å². The van der Waals surface area contributed by atoms with Gasteiger partial charge >= 0.3 is 0 Å². The molecule has 1 aliphatic heterocycles. The van der Waals surface area contributed by atoms with Crippen LogP contribution in [0.3, 0.4) is 0 Å². The zero-order valence-corrected chi connectivity index (χ0v) is 13.5. The third kappa shape index (κ3) is 3.50. The molecule has 3 rings (SSSR count). The molecule has 0 radical (unpaired) electrons. The van der Waals surface area contributed by atoms with Crippen LogP contribution in [-0.4, -0.2) is 54.0 Å². The van der Waals surface area contributed by atoms with Gasteiger partial charge in [-0.1, -0.05) is 30.3 Å². The van der Waals surface area contributed by atoms with Gasteiger partial charge in [-0.05, 0) is 44.2 Å². The van der Waals surface area contributed by atoms with E-state index in [1.54, 1.807) is 0 Å². The second-order valence-electron chi connectivity index (χ2n) is 6.90. The van der Waals surface area contributed by atoms with Crippen molar-refractivity contribution in [1.82, 2.24) is 9.80 Å². The summed E-state index contributed by atoms with van der Waals surface area (Å²) in [4.78, 5) is 16.8. The van der Waals surface area contributed by atoms with Gasteiger partial charge < -0.3 is 15.5 Å². The van der Waals surface area contributed by atoms with Gasteiger partial charge in [0.2, 0.25) is 5.91 Å². The van der Waals surface area contributed by atoms with Gasteiger partial charge in [0.15, 0.2) is 0 Å². The van der Waals surface area contributed by atoms with Gasteiger partial charge in [0.1, 0.15) is 0 Å². The van der Waals surface area contributed by atoms with Crippen molar-refractivity contribution in [3.63, 3.8) is 0 Å². The number of likely N-dealkylation sites (tertiary alicyclic amines) is 1. The lowest BCUT2D eigenvalue weighted by Gasteiger charge is -2.38. The molecule has 1 saturated carbocycles. The van der Waals surface area contributed by atoms with E-state index in [2.05, 4.69) is 35.2 Å². The molecule has 1 saturated heterocycles.